The average Bonchev–Trinajstić information content (AvgIpc) is 2.78. The molecule has 0 bridgehead atoms. The summed E-state index contributed by atoms with van der Waals surface area (Å²) >= 11 is 0. The molecule has 3 nitrogen and oxygen atoms in total. The van der Waals surface area contributed by atoms with Crippen molar-refractivity contribution < 1.29 is 10.2 Å². The van der Waals surface area contributed by atoms with Crippen molar-refractivity contribution in [2.24, 2.45) is 17.3 Å². The van der Waals surface area contributed by atoms with Gasteiger partial charge in [0, 0.05) is 0 Å². The second kappa shape index (κ2) is 4.39. The third-order valence-electron chi connectivity index (χ3n) is 6.88. The summed E-state index contributed by atoms with van der Waals surface area (Å²) in [6, 6.07) is 3.85. The number of hydrogen-bond acceptors (Lipinski definition) is 3. The van der Waals surface area contributed by atoms with E-state index in [-0.39, 0.29) is 17.3 Å². The van der Waals surface area contributed by atoms with Gasteiger partial charge in [-0.1, -0.05) is 13.0 Å². The molecular formula is C18H25NO2. The topological polar surface area (TPSA) is 66.5 Å². The molecule has 2 saturated carbocycles. The first-order valence-electron chi connectivity index (χ1n) is 8.30. The maximum Gasteiger partial charge on any atom is 0.138 e. The van der Waals surface area contributed by atoms with Crippen LogP contribution in [0.4, 0.5) is 5.69 Å². The van der Waals surface area contributed by atoms with E-state index >= 15 is 0 Å². The maximum atomic E-state index is 10.4. The van der Waals surface area contributed by atoms with Crippen LogP contribution in [0.2, 0.25) is 0 Å². The first-order valence-corrected chi connectivity index (χ1v) is 8.30. The average molecular weight is 287 g/mol. The zero-order valence-electron chi connectivity index (χ0n) is 12.7. The van der Waals surface area contributed by atoms with Crippen LogP contribution in [0.25, 0.3) is 0 Å². The number of aliphatic hydroxyl groups excluding tert-OH is 1. The van der Waals surface area contributed by atoms with Gasteiger partial charge in [0.05, 0.1) is 11.8 Å². The predicted octanol–water partition coefficient (Wildman–Crippen LogP) is 3.19. The van der Waals surface area contributed by atoms with E-state index in [0.717, 1.165) is 32.1 Å². The number of nitrogen functional groups attached to an aromatic ring is 1. The second-order valence-electron chi connectivity index (χ2n) is 7.62. The zero-order chi connectivity index (χ0) is 14.8. The summed E-state index contributed by atoms with van der Waals surface area (Å²) in [6.07, 6.45) is 6.40. The van der Waals surface area contributed by atoms with E-state index in [1.165, 1.54) is 17.5 Å². The fraction of sp³-hybridized carbons (Fsp3) is 0.667. The number of phenols is 1. The Hall–Kier alpha value is -1.22. The second-order valence-corrected chi connectivity index (χ2v) is 7.62. The number of benzene rings is 1. The molecule has 3 heteroatoms. The Balaban J connectivity index is 1.74. The number of rotatable bonds is 0. The first kappa shape index (κ1) is 13.4. The monoisotopic (exact) mass is 287 g/mol. The van der Waals surface area contributed by atoms with Crippen molar-refractivity contribution in [2.75, 3.05) is 5.73 Å². The van der Waals surface area contributed by atoms with E-state index in [4.69, 9.17) is 5.73 Å². The van der Waals surface area contributed by atoms with Crippen molar-refractivity contribution in [1.29, 1.82) is 0 Å². The Morgan fingerprint density at radius 2 is 2.00 bits per heavy atom. The lowest BCUT2D eigenvalue weighted by Crippen LogP contribution is -2.44. The molecule has 3 aliphatic rings. The van der Waals surface area contributed by atoms with E-state index in [1.54, 1.807) is 6.07 Å². The fourth-order valence-electron chi connectivity index (χ4n) is 5.66. The molecule has 0 amide bonds. The molecule has 1 aromatic carbocycles. The van der Waals surface area contributed by atoms with Crippen LogP contribution in [0, 0.1) is 17.3 Å². The van der Waals surface area contributed by atoms with Crippen molar-refractivity contribution in [3.8, 4) is 5.75 Å². The maximum absolute atomic E-state index is 10.4. The van der Waals surface area contributed by atoms with Gasteiger partial charge in [0.15, 0.2) is 0 Å². The Bertz CT molecular complexity index is 585. The number of phenolic OH excluding ortho intramolecular Hbond substituents is 1. The van der Waals surface area contributed by atoms with Gasteiger partial charge in [-0.25, -0.2) is 0 Å². The lowest BCUT2D eigenvalue weighted by atomic mass is 9.55. The van der Waals surface area contributed by atoms with E-state index in [9.17, 15) is 10.2 Å². The van der Waals surface area contributed by atoms with Crippen LogP contribution in [0.15, 0.2) is 12.1 Å². The van der Waals surface area contributed by atoms with Crippen LogP contribution in [0.1, 0.15) is 56.1 Å². The van der Waals surface area contributed by atoms with Crippen molar-refractivity contribution >= 4 is 5.69 Å². The summed E-state index contributed by atoms with van der Waals surface area (Å²) in [7, 11) is 0. The van der Waals surface area contributed by atoms with E-state index in [2.05, 4.69) is 13.0 Å². The SMILES string of the molecule is C[C@]12CC[C@@H]3c4ccc(O)c(N)c4CC[C@H]3[C@@H]1CC[C@@H]2O. The Morgan fingerprint density at radius 3 is 2.81 bits per heavy atom. The number of aromatic hydroxyl groups is 1. The van der Waals surface area contributed by atoms with Crippen LogP contribution in [-0.4, -0.2) is 16.3 Å². The summed E-state index contributed by atoms with van der Waals surface area (Å²) in [6.45, 7) is 2.30. The Labute approximate surface area is 126 Å². The summed E-state index contributed by atoms with van der Waals surface area (Å²) in [5, 5.41) is 20.2. The lowest BCUT2D eigenvalue weighted by molar-refractivity contribution is -0.0225. The molecule has 2 fully saturated rings. The van der Waals surface area contributed by atoms with Gasteiger partial charge >= 0.3 is 0 Å². The van der Waals surface area contributed by atoms with Gasteiger partial charge in [0.25, 0.3) is 0 Å². The molecule has 0 unspecified atom stereocenters. The molecule has 21 heavy (non-hydrogen) atoms. The van der Waals surface area contributed by atoms with Crippen molar-refractivity contribution in [1.82, 2.24) is 0 Å². The van der Waals surface area contributed by atoms with Gasteiger partial charge in [-0.15, -0.1) is 0 Å². The molecule has 4 rings (SSSR count). The third kappa shape index (κ3) is 1.70. The number of anilines is 1. The normalized spacial score (nSPS) is 41.2. The molecule has 0 radical (unpaired) electrons. The molecule has 0 aliphatic heterocycles. The van der Waals surface area contributed by atoms with Crippen molar-refractivity contribution in [2.45, 2.75) is 57.5 Å². The van der Waals surface area contributed by atoms with Gasteiger partial charge in [-0.3, -0.25) is 0 Å². The lowest BCUT2D eigenvalue weighted by Gasteiger charge is -2.50. The van der Waals surface area contributed by atoms with Crippen molar-refractivity contribution in [3.05, 3.63) is 23.3 Å². The van der Waals surface area contributed by atoms with Gasteiger partial charge in [-0.05, 0) is 78.9 Å². The van der Waals surface area contributed by atoms with Crippen molar-refractivity contribution in [3.63, 3.8) is 0 Å². The minimum atomic E-state index is -0.116. The molecule has 0 saturated heterocycles. The summed E-state index contributed by atoms with van der Waals surface area (Å²) < 4.78 is 0. The standard InChI is InChI=1S/C18H25NO2/c1-18-9-8-11-10-4-6-15(20)17(19)13(10)3-2-12(11)14(18)5-7-16(18)21/h4,6,11-12,14,16,20-21H,2-3,5,7-9,19H2,1H3/t11-,12-,14+,16+,18+/m1/s1. The quantitative estimate of drug-likeness (QED) is 0.507. The third-order valence-corrected chi connectivity index (χ3v) is 6.88. The molecular weight excluding hydrogens is 262 g/mol. The number of hydrogen-bond donors (Lipinski definition) is 3. The van der Waals surface area contributed by atoms with Crippen LogP contribution in [0.5, 0.6) is 5.75 Å². The summed E-state index contributed by atoms with van der Waals surface area (Å²) in [5.41, 5.74) is 9.35. The van der Waals surface area contributed by atoms with E-state index in [1.807, 2.05) is 0 Å². The van der Waals surface area contributed by atoms with Gasteiger partial charge in [-0.2, -0.15) is 0 Å². The highest BCUT2D eigenvalue weighted by atomic mass is 16.3. The fourth-order valence-corrected chi connectivity index (χ4v) is 5.66. The van der Waals surface area contributed by atoms with Gasteiger partial charge < -0.3 is 15.9 Å². The summed E-state index contributed by atoms with van der Waals surface area (Å²) in [4.78, 5) is 0. The highest BCUT2D eigenvalue weighted by Gasteiger charge is 2.54. The van der Waals surface area contributed by atoms with Gasteiger partial charge in [0.1, 0.15) is 5.75 Å². The smallest absolute Gasteiger partial charge is 0.138 e. The number of aliphatic hydroxyl groups is 1. The van der Waals surface area contributed by atoms with E-state index in [0.29, 0.717) is 23.4 Å². The first-order chi connectivity index (χ1) is 10.0. The zero-order valence-corrected chi connectivity index (χ0v) is 12.7. The molecule has 0 heterocycles. The molecule has 1 aromatic rings. The molecule has 0 spiro atoms. The van der Waals surface area contributed by atoms with Crippen LogP contribution < -0.4 is 5.73 Å². The van der Waals surface area contributed by atoms with Crippen LogP contribution >= 0.6 is 0 Å². The van der Waals surface area contributed by atoms with E-state index < -0.39 is 0 Å². The minimum absolute atomic E-state index is 0.116. The van der Waals surface area contributed by atoms with Crippen LogP contribution in [-0.2, 0) is 6.42 Å². The predicted molar refractivity (Wildman–Crippen MR) is 83.1 cm³/mol. The molecule has 114 valence electrons. The highest BCUT2D eigenvalue weighted by molar-refractivity contribution is 5.62. The number of fused-ring (bicyclic) bond motifs is 5. The molecule has 3 aliphatic carbocycles. The molecule has 4 N–H and O–H groups in total. The summed E-state index contributed by atoms with van der Waals surface area (Å²) in [5.74, 6) is 2.12. The van der Waals surface area contributed by atoms with Gasteiger partial charge in [0.2, 0.25) is 0 Å². The number of nitrogens with two attached hydrogens (primary N) is 1. The highest BCUT2D eigenvalue weighted by Crippen LogP contribution is 2.61. The molecule has 0 aromatic heterocycles. The molecule has 5 atom stereocenters. The van der Waals surface area contributed by atoms with Crippen LogP contribution in [0.3, 0.4) is 0 Å². The Morgan fingerprint density at radius 1 is 1.19 bits per heavy atom. The largest absolute Gasteiger partial charge is 0.506 e. The minimum Gasteiger partial charge on any atom is -0.506 e. The Kier molecular flexibility index (Phi) is 2.81.